The van der Waals surface area contributed by atoms with E-state index in [9.17, 15) is 9.59 Å². The first kappa shape index (κ1) is 16.7. The summed E-state index contributed by atoms with van der Waals surface area (Å²) in [4.78, 5) is 22.6. The third-order valence-electron chi connectivity index (χ3n) is 3.03. The highest BCUT2D eigenvalue weighted by atomic mass is 16.6. The van der Waals surface area contributed by atoms with Crippen molar-refractivity contribution >= 4 is 11.9 Å². The summed E-state index contributed by atoms with van der Waals surface area (Å²) < 4.78 is 15.3. The first-order valence-corrected chi connectivity index (χ1v) is 7.35. The number of hydrogen-bond acceptors (Lipinski definition) is 5. The molecule has 5 nitrogen and oxygen atoms in total. The molecular formula is C15H24O5. The van der Waals surface area contributed by atoms with Gasteiger partial charge in [0.2, 0.25) is 0 Å². The molecule has 1 aliphatic rings. The lowest BCUT2D eigenvalue weighted by Crippen LogP contribution is -2.16. The Labute approximate surface area is 120 Å². The van der Waals surface area contributed by atoms with E-state index >= 15 is 0 Å². The third-order valence-corrected chi connectivity index (χ3v) is 3.03. The van der Waals surface area contributed by atoms with E-state index in [0.29, 0.717) is 6.61 Å². The predicted octanol–water partition coefficient (Wildman–Crippen LogP) is 2.39. The normalized spacial score (nSPS) is 18.4. The van der Waals surface area contributed by atoms with Gasteiger partial charge < -0.3 is 14.2 Å². The zero-order chi connectivity index (χ0) is 14.6. The number of carbonyl (C=O) groups is 2. The van der Waals surface area contributed by atoms with Crippen molar-refractivity contribution in [1.82, 2.24) is 0 Å². The standard InChI is InChI=1S/C15H24O5/c1-2-3-4-5-10-19-14(16)8-9-15(17)20-12-13-7-6-11-18-13/h8-9,13H,2-7,10-12H2,1H3/b9-8+. The summed E-state index contributed by atoms with van der Waals surface area (Å²) in [5, 5.41) is 0. The van der Waals surface area contributed by atoms with E-state index in [1.807, 2.05) is 0 Å². The van der Waals surface area contributed by atoms with Crippen LogP contribution in [0.2, 0.25) is 0 Å². The van der Waals surface area contributed by atoms with Crippen LogP contribution in [0.3, 0.4) is 0 Å². The Balaban J connectivity index is 2.05. The molecule has 1 saturated heterocycles. The van der Waals surface area contributed by atoms with Crippen LogP contribution in [0.1, 0.15) is 45.4 Å². The van der Waals surface area contributed by atoms with Crippen molar-refractivity contribution in [2.24, 2.45) is 0 Å². The van der Waals surface area contributed by atoms with Gasteiger partial charge in [-0.05, 0) is 19.3 Å². The highest BCUT2D eigenvalue weighted by molar-refractivity contribution is 5.91. The van der Waals surface area contributed by atoms with E-state index in [4.69, 9.17) is 14.2 Å². The molecule has 0 bridgehead atoms. The van der Waals surface area contributed by atoms with E-state index < -0.39 is 11.9 Å². The topological polar surface area (TPSA) is 61.8 Å². The molecule has 1 heterocycles. The smallest absolute Gasteiger partial charge is 0.331 e. The molecule has 1 aliphatic heterocycles. The molecule has 1 atom stereocenters. The molecule has 5 heteroatoms. The van der Waals surface area contributed by atoms with Crippen molar-refractivity contribution in [3.63, 3.8) is 0 Å². The van der Waals surface area contributed by atoms with Gasteiger partial charge in [0, 0.05) is 18.8 Å². The van der Waals surface area contributed by atoms with E-state index in [-0.39, 0.29) is 12.7 Å². The fraction of sp³-hybridized carbons (Fsp3) is 0.733. The van der Waals surface area contributed by atoms with Gasteiger partial charge in [0.15, 0.2) is 0 Å². The summed E-state index contributed by atoms with van der Waals surface area (Å²) in [6.07, 6.45) is 8.32. The van der Waals surface area contributed by atoms with Gasteiger partial charge >= 0.3 is 11.9 Å². The maximum Gasteiger partial charge on any atom is 0.331 e. The van der Waals surface area contributed by atoms with Gasteiger partial charge in [-0.15, -0.1) is 0 Å². The van der Waals surface area contributed by atoms with Gasteiger partial charge in [-0.25, -0.2) is 9.59 Å². The van der Waals surface area contributed by atoms with Gasteiger partial charge in [0.25, 0.3) is 0 Å². The minimum atomic E-state index is -0.538. The average molecular weight is 284 g/mol. The largest absolute Gasteiger partial charge is 0.463 e. The van der Waals surface area contributed by atoms with Crippen LogP contribution in [0, 0.1) is 0 Å². The van der Waals surface area contributed by atoms with Gasteiger partial charge in [0.1, 0.15) is 6.61 Å². The Kier molecular flexibility index (Phi) is 8.71. The molecule has 20 heavy (non-hydrogen) atoms. The highest BCUT2D eigenvalue weighted by Gasteiger charge is 2.16. The van der Waals surface area contributed by atoms with Crippen molar-refractivity contribution in [3.8, 4) is 0 Å². The number of carbonyl (C=O) groups excluding carboxylic acids is 2. The molecule has 1 fully saturated rings. The van der Waals surface area contributed by atoms with Crippen molar-refractivity contribution in [1.29, 1.82) is 0 Å². The quantitative estimate of drug-likeness (QED) is 0.369. The first-order valence-electron chi connectivity index (χ1n) is 7.35. The first-order chi connectivity index (χ1) is 9.72. The Morgan fingerprint density at radius 1 is 1.15 bits per heavy atom. The van der Waals surface area contributed by atoms with Gasteiger partial charge in [-0.1, -0.05) is 26.2 Å². The molecule has 1 unspecified atom stereocenters. The summed E-state index contributed by atoms with van der Waals surface area (Å²) in [5.74, 6) is -1.04. The number of esters is 2. The maximum absolute atomic E-state index is 11.3. The Morgan fingerprint density at radius 3 is 2.55 bits per heavy atom. The molecule has 0 aliphatic carbocycles. The molecule has 0 aromatic heterocycles. The minimum absolute atomic E-state index is 0.00197. The summed E-state index contributed by atoms with van der Waals surface area (Å²) in [7, 11) is 0. The van der Waals surface area contributed by atoms with E-state index in [1.165, 1.54) is 0 Å². The van der Waals surface area contributed by atoms with Gasteiger partial charge in [0.05, 0.1) is 12.7 Å². The Morgan fingerprint density at radius 2 is 1.90 bits per heavy atom. The molecule has 0 amide bonds. The number of unbranched alkanes of at least 4 members (excludes halogenated alkanes) is 3. The van der Waals surface area contributed by atoms with Crippen LogP contribution >= 0.6 is 0 Å². The number of hydrogen-bond donors (Lipinski definition) is 0. The lowest BCUT2D eigenvalue weighted by Gasteiger charge is -2.08. The molecule has 1 rings (SSSR count). The van der Waals surface area contributed by atoms with Crippen LogP contribution in [-0.4, -0.2) is 37.9 Å². The molecular weight excluding hydrogens is 260 g/mol. The SMILES string of the molecule is CCCCCCOC(=O)/C=C/C(=O)OCC1CCCO1. The predicted molar refractivity (Wildman–Crippen MR) is 74.2 cm³/mol. The number of ether oxygens (including phenoxy) is 3. The lowest BCUT2D eigenvalue weighted by molar-refractivity contribution is -0.142. The van der Waals surface area contributed by atoms with E-state index in [2.05, 4.69) is 6.92 Å². The molecule has 0 aromatic rings. The van der Waals surface area contributed by atoms with Crippen LogP contribution in [0.15, 0.2) is 12.2 Å². The maximum atomic E-state index is 11.3. The fourth-order valence-corrected chi connectivity index (χ4v) is 1.88. The van der Waals surface area contributed by atoms with Crippen molar-refractivity contribution < 1.29 is 23.8 Å². The van der Waals surface area contributed by atoms with Crippen molar-refractivity contribution in [2.45, 2.75) is 51.6 Å². The fourth-order valence-electron chi connectivity index (χ4n) is 1.88. The Bertz CT molecular complexity index is 318. The van der Waals surface area contributed by atoms with Crippen molar-refractivity contribution in [3.05, 3.63) is 12.2 Å². The average Bonchev–Trinajstić information content (AvgIpc) is 2.96. The summed E-state index contributed by atoms with van der Waals surface area (Å²) in [6, 6.07) is 0. The van der Waals surface area contributed by atoms with Crippen molar-refractivity contribution in [2.75, 3.05) is 19.8 Å². The monoisotopic (exact) mass is 284 g/mol. The zero-order valence-corrected chi connectivity index (χ0v) is 12.1. The molecule has 0 saturated carbocycles. The minimum Gasteiger partial charge on any atom is -0.463 e. The molecule has 114 valence electrons. The summed E-state index contributed by atoms with van der Waals surface area (Å²) in [5.41, 5.74) is 0. The number of rotatable bonds is 9. The molecule has 0 spiro atoms. The van der Waals surface area contributed by atoms with Crippen LogP contribution in [-0.2, 0) is 23.8 Å². The lowest BCUT2D eigenvalue weighted by atomic mass is 10.2. The third kappa shape index (κ3) is 7.94. The Hall–Kier alpha value is -1.36. The van der Waals surface area contributed by atoms with E-state index in [1.54, 1.807) is 0 Å². The van der Waals surface area contributed by atoms with Gasteiger partial charge in [-0.2, -0.15) is 0 Å². The summed E-state index contributed by atoms with van der Waals surface area (Å²) >= 11 is 0. The second-order valence-electron chi connectivity index (χ2n) is 4.83. The highest BCUT2D eigenvalue weighted by Crippen LogP contribution is 2.11. The van der Waals surface area contributed by atoms with E-state index in [0.717, 1.165) is 57.3 Å². The molecule has 0 N–H and O–H groups in total. The molecule has 0 radical (unpaired) electrons. The van der Waals surface area contributed by atoms with Crippen LogP contribution in [0.25, 0.3) is 0 Å². The summed E-state index contributed by atoms with van der Waals surface area (Å²) in [6.45, 7) is 3.49. The van der Waals surface area contributed by atoms with Gasteiger partial charge in [-0.3, -0.25) is 0 Å². The van der Waals surface area contributed by atoms with Crippen LogP contribution in [0.5, 0.6) is 0 Å². The second kappa shape index (κ2) is 10.4. The zero-order valence-electron chi connectivity index (χ0n) is 12.1. The molecule has 0 aromatic carbocycles. The van der Waals surface area contributed by atoms with Crippen LogP contribution < -0.4 is 0 Å². The van der Waals surface area contributed by atoms with Crippen LogP contribution in [0.4, 0.5) is 0 Å². The second-order valence-corrected chi connectivity index (χ2v) is 4.83.